The van der Waals surface area contributed by atoms with Crippen LogP contribution in [-0.4, -0.2) is 70.7 Å². The maximum Gasteiger partial charge on any atom is 0.326 e. The summed E-state index contributed by atoms with van der Waals surface area (Å²) in [4.78, 5) is 82.3. The summed E-state index contributed by atoms with van der Waals surface area (Å²) in [6.07, 6.45) is -2.08. The zero-order valence-electron chi connectivity index (χ0n) is 18.3. The van der Waals surface area contributed by atoms with E-state index in [1.54, 1.807) is 13.8 Å². The number of carboxylic acid groups (broad SMARTS) is 1. The molecule has 0 saturated heterocycles. The average Bonchev–Trinajstić information content (AvgIpc) is 2.67. The number of nitrogens with one attached hydrogen (secondary N) is 3. The Balaban J connectivity index is 5.56. The van der Waals surface area contributed by atoms with Crippen LogP contribution in [0, 0.1) is 5.92 Å². The highest BCUT2D eigenvalue weighted by molar-refractivity contribution is 5.97. The van der Waals surface area contributed by atoms with Crippen LogP contribution in [0.25, 0.3) is 0 Å². The van der Waals surface area contributed by atoms with Crippen LogP contribution < -0.4 is 38.9 Å². The summed E-state index contributed by atoms with van der Waals surface area (Å²) in [7, 11) is 0. The largest absolute Gasteiger partial charge is 0.480 e. The van der Waals surface area contributed by atoms with E-state index in [0.29, 0.717) is 0 Å². The van der Waals surface area contributed by atoms with Crippen LogP contribution in [0.4, 0.5) is 0 Å². The lowest BCUT2D eigenvalue weighted by Gasteiger charge is -2.24. The van der Waals surface area contributed by atoms with Gasteiger partial charge in [0.05, 0.1) is 18.9 Å². The van der Waals surface area contributed by atoms with E-state index in [1.165, 1.54) is 0 Å². The topological polar surface area (TPSA) is 280 Å². The second-order valence-corrected chi connectivity index (χ2v) is 7.64. The summed E-state index contributed by atoms with van der Waals surface area (Å²) in [5.74, 6) is -7.51. The van der Waals surface area contributed by atoms with Gasteiger partial charge in [0.2, 0.25) is 35.4 Å². The number of carbonyl (C=O) groups is 7. The maximum absolute atomic E-state index is 12.7. The predicted molar refractivity (Wildman–Crippen MR) is 112 cm³/mol. The molecule has 15 nitrogen and oxygen atoms in total. The first-order chi connectivity index (χ1) is 15.1. The van der Waals surface area contributed by atoms with Crippen molar-refractivity contribution in [2.45, 2.75) is 63.7 Å². The normalized spacial score (nSPS) is 14.3. The van der Waals surface area contributed by atoms with E-state index in [9.17, 15) is 38.7 Å². The molecule has 0 aliphatic heterocycles. The second kappa shape index (κ2) is 13.6. The minimum absolute atomic E-state index is 0.302. The highest BCUT2D eigenvalue weighted by Crippen LogP contribution is 2.04. The molecule has 15 heteroatoms. The van der Waals surface area contributed by atoms with Crippen LogP contribution in [0.1, 0.15) is 39.5 Å². The summed E-state index contributed by atoms with van der Waals surface area (Å²) >= 11 is 0. The molecule has 0 heterocycles. The van der Waals surface area contributed by atoms with Gasteiger partial charge in [0.15, 0.2) is 0 Å². The smallest absolute Gasteiger partial charge is 0.326 e. The molecule has 33 heavy (non-hydrogen) atoms. The Morgan fingerprint density at radius 3 is 1.42 bits per heavy atom. The van der Waals surface area contributed by atoms with E-state index in [-0.39, 0.29) is 18.8 Å². The molecule has 12 N–H and O–H groups in total. The Morgan fingerprint density at radius 1 is 0.697 bits per heavy atom. The number of amides is 6. The van der Waals surface area contributed by atoms with Crippen LogP contribution in [0.3, 0.4) is 0 Å². The van der Waals surface area contributed by atoms with E-state index in [4.69, 9.17) is 22.9 Å². The first-order valence-corrected chi connectivity index (χ1v) is 9.90. The van der Waals surface area contributed by atoms with Crippen molar-refractivity contribution in [2.24, 2.45) is 28.9 Å². The SMILES string of the molecule is CC(C)C(N)C(=O)NC(CC(N)=O)C(=O)NC(CC(N)=O)C(=O)NC(CCC(N)=O)C(=O)O. The third-order valence-electron chi connectivity index (χ3n) is 4.39. The van der Waals surface area contributed by atoms with Gasteiger partial charge in [0.25, 0.3) is 0 Å². The number of aliphatic carboxylic acids is 1. The number of nitrogens with two attached hydrogens (primary N) is 4. The molecule has 6 amide bonds. The van der Waals surface area contributed by atoms with Gasteiger partial charge >= 0.3 is 5.97 Å². The fourth-order valence-electron chi connectivity index (χ4n) is 2.48. The molecular formula is C18H31N7O8. The van der Waals surface area contributed by atoms with E-state index in [0.717, 1.165) is 0 Å². The Morgan fingerprint density at radius 2 is 1.09 bits per heavy atom. The van der Waals surface area contributed by atoms with Crippen molar-refractivity contribution in [3.05, 3.63) is 0 Å². The Hall–Kier alpha value is -3.75. The van der Waals surface area contributed by atoms with Gasteiger partial charge in [0, 0.05) is 6.42 Å². The third kappa shape index (κ3) is 11.4. The maximum atomic E-state index is 12.7. The van der Waals surface area contributed by atoms with Gasteiger partial charge in [-0.1, -0.05) is 13.8 Å². The summed E-state index contributed by atoms with van der Waals surface area (Å²) in [5.41, 5.74) is 20.9. The van der Waals surface area contributed by atoms with Crippen molar-refractivity contribution in [1.82, 2.24) is 16.0 Å². The zero-order valence-corrected chi connectivity index (χ0v) is 18.3. The molecule has 0 saturated carbocycles. The van der Waals surface area contributed by atoms with E-state index >= 15 is 0 Å². The third-order valence-corrected chi connectivity index (χ3v) is 4.39. The molecule has 0 aliphatic rings. The predicted octanol–water partition coefficient (Wildman–Crippen LogP) is -4.48. The standard InChI is InChI=1S/C18H31N7O8/c1-7(2)14(22)17(31)25-10(6-13(21)28)16(30)24-9(5-12(20)27)15(29)23-8(18(32)33)3-4-11(19)26/h7-10,14H,3-6,22H2,1-2H3,(H2,19,26)(H2,20,27)(H2,21,28)(H,23,29)(H,24,30)(H,25,31)(H,32,33). The lowest BCUT2D eigenvalue weighted by molar-refractivity contribution is -0.143. The van der Waals surface area contributed by atoms with E-state index < -0.39 is 78.4 Å². The molecule has 0 aromatic heterocycles. The molecule has 0 aromatic carbocycles. The van der Waals surface area contributed by atoms with Gasteiger partial charge in [0.1, 0.15) is 18.1 Å². The number of rotatable bonds is 15. The van der Waals surface area contributed by atoms with Gasteiger partial charge < -0.3 is 44.0 Å². The van der Waals surface area contributed by atoms with Gasteiger partial charge in [-0.15, -0.1) is 0 Å². The molecule has 0 radical (unpaired) electrons. The highest BCUT2D eigenvalue weighted by atomic mass is 16.4. The fraction of sp³-hybridized carbons (Fsp3) is 0.611. The van der Waals surface area contributed by atoms with Crippen molar-refractivity contribution in [3.8, 4) is 0 Å². The van der Waals surface area contributed by atoms with Crippen LogP contribution in [0.5, 0.6) is 0 Å². The summed E-state index contributed by atoms with van der Waals surface area (Å²) in [6.45, 7) is 3.30. The molecule has 186 valence electrons. The van der Waals surface area contributed by atoms with E-state index in [2.05, 4.69) is 16.0 Å². The lowest BCUT2D eigenvalue weighted by atomic mass is 10.0. The van der Waals surface area contributed by atoms with Crippen molar-refractivity contribution in [3.63, 3.8) is 0 Å². The first kappa shape index (κ1) is 29.2. The number of hydrogen-bond acceptors (Lipinski definition) is 8. The molecular weight excluding hydrogens is 442 g/mol. The monoisotopic (exact) mass is 473 g/mol. The quantitative estimate of drug-likeness (QED) is 0.114. The molecule has 0 rings (SSSR count). The van der Waals surface area contributed by atoms with Crippen LogP contribution >= 0.6 is 0 Å². The number of hydrogen-bond donors (Lipinski definition) is 8. The van der Waals surface area contributed by atoms with Crippen LogP contribution in [-0.2, 0) is 33.6 Å². The Kier molecular flexibility index (Phi) is 12.1. The Labute approximate surface area is 189 Å². The van der Waals surface area contributed by atoms with Crippen LogP contribution in [0.15, 0.2) is 0 Å². The number of carboxylic acids is 1. The van der Waals surface area contributed by atoms with Gasteiger partial charge in [-0.05, 0) is 12.3 Å². The molecule has 4 atom stereocenters. The Bertz CT molecular complexity index is 786. The fourth-order valence-corrected chi connectivity index (χ4v) is 2.48. The van der Waals surface area contributed by atoms with Crippen molar-refractivity contribution < 1.29 is 38.7 Å². The average molecular weight is 473 g/mol. The second-order valence-electron chi connectivity index (χ2n) is 7.64. The summed E-state index contributed by atoms with van der Waals surface area (Å²) in [5, 5.41) is 15.7. The molecule has 0 aliphatic carbocycles. The highest BCUT2D eigenvalue weighted by Gasteiger charge is 2.32. The van der Waals surface area contributed by atoms with Crippen molar-refractivity contribution in [1.29, 1.82) is 0 Å². The lowest BCUT2D eigenvalue weighted by Crippen LogP contribution is -2.58. The summed E-state index contributed by atoms with van der Waals surface area (Å²) < 4.78 is 0. The molecule has 4 unspecified atom stereocenters. The van der Waals surface area contributed by atoms with E-state index in [1.807, 2.05) is 0 Å². The first-order valence-electron chi connectivity index (χ1n) is 9.90. The summed E-state index contributed by atoms with van der Waals surface area (Å²) in [6, 6.07) is -5.76. The van der Waals surface area contributed by atoms with Gasteiger partial charge in [-0.2, -0.15) is 0 Å². The van der Waals surface area contributed by atoms with Crippen molar-refractivity contribution in [2.75, 3.05) is 0 Å². The molecule has 0 spiro atoms. The molecule has 0 aromatic rings. The minimum atomic E-state index is -1.66. The molecule has 0 bridgehead atoms. The minimum Gasteiger partial charge on any atom is -0.480 e. The van der Waals surface area contributed by atoms with Gasteiger partial charge in [-0.3, -0.25) is 28.8 Å². The number of primary amides is 3. The zero-order chi connectivity index (χ0) is 25.9. The van der Waals surface area contributed by atoms with Gasteiger partial charge in [-0.25, -0.2) is 4.79 Å². The number of carbonyl (C=O) groups excluding carboxylic acids is 6. The van der Waals surface area contributed by atoms with Crippen molar-refractivity contribution >= 4 is 41.4 Å². The van der Waals surface area contributed by atoms with Crippen LogP contribution in [0.2, 0.25) is 0 Å². The molecule has 0 fully saturated rings.